The average molecular weight is 408 g/mol. The maximum atomic E-state index is 13.4. The summed E-state index contributed by atoms with van der Waals surface area (Å²) in [6.45, 7) is 0.345. The maximum absolute atomic E-state index is 13.4. The van der Waals surface area contributed by atoms with Crippen LogP contribution in [0.1, 0.15) is 11.1 Å². The van der Waals surface area contributed by atoms with Crippen molar-refractivity contribution in [1.82, 2.24) is 0 Å². The molecular formula is C26H20N2O3. The van der Waals surface area contributed by atoms with Crippen LogP contribution >= 0.6 is 0 Å². The molecule has 31 heavy (non-hydrogen) atoms. The van der Waals surface area contributed by atoms with Crippen molar-refractivity contribution in [2.24, 2.45) is 5.10 Å². The van der Waals surface area contributed by atoms with Gasteiger partial charge in [-0.2, -0.15) is 10.1 Å². The van der Waals surface area contributed by atoms with Gasteiger partial charge in [0.2, 0.25) is 0 Å². The van der Waals surface area contributed by atoms with E-state index in [4.69, 9.17) is 9.47 Å². The minimum absolute atomic E-state index is 0.164. The molecule has 1 amide bonds. The highest BCUT2D eigenvalue weighted by Gasteiger charge is 2.32. The molecule has 0 N–H and O–H groups in total. The Kier molecular flexibility index (Phi) is 4.84. The van der Waals surface area contributed by atoms with Gasteiger partial charge in [-0.05, 0) is 35.9 Å². The largest absolute Gasteiger partial charge is 0.493 e. The Hall–Kier alpha value is -4.12. The Bertz CT molecular complexity index is 1230. The summed E-state index contributed by atoms with van der Waals surface area (Å²) in [4.78, 5) is 13.4. The maximum Gasteiger partial charge on any atom is 0.281 e. The molecule has 3 aromatic carbocycles. The summed E-state index contributed by atoms with van der Waals surface area (Å²) in [5.74, 6) is 1.24. The molecule has 0 radical (unpaired) electrons. The zero-order valence-electron chi connectivity index (χ0n) is 17.0. The first-order chi connectivity index (χ1) is 15.2. The van der Waals surface area contributed by atoms with Gasteiger partial charge in [0.25, 0.3) is 5.91 Å². The standard InChI is InChI=1S/C26H20N2O3/c1-30-23-14-8-11-20-15-18(17-31-25(20)23)16-22-24(19-9-4-2-5-10-19)27-28(26(22)29)21-12-6-3-7-13-21/h2-16H,17H2,1H3/b22-16-. The van der Waals surface area contributed by atoms with Gasteiger partial charge in [0.05, 0.1) is 18.4 Å². The van der Waals surface area contributed by atoms with Gasteiger partial charge in [0.15, 0.2) is 11.5 Å². The summed E-state index contributed by atoms with van der Waals surface area (Å²) < 4.78 is 11.3. The van der Waals surface area contributed by atoms with Crippen LogP contribution in [0.5, 0.6) is 11.5 Å². The third kappa shape index (κ3) is 3.51. The number of carbonyl (C=O) groups excluding carboxylic acids is 1. The van der Waals surface area contributed by atoms with Gasteiger partial charge in [-0.15, -0.1) is 0 Å². The number of para-hydroxylation sites is 2. The molecular weight excluding hydrogens is 388 g/mol. The SMILES string of the molecule is COc1cccc2c1OCC(/C=C1\C(=O)N(c3ccccc3)N=C1c1ccccc1)=C2. The van der Waals surface area contributed by atoms with Crippen LogP contribution in [-0.2, 0) is 4.79 Å². The lowest BCUT2D eigenvalue weighted by Gasteiger charge is -2.19. The monoisotopic (exact) mass is 408 g/mol. The molecule has 152 valence electrons. The highest BCUT2D eigenvalue weighted by molar-refractivity contribution is 6.35. The molecule has 0 saturated carbocycles. The highest BCUT2D eigenvalue weighted by Crippen LogP contribution is 2.36. The third-order valence-corrected chi connectivity index (χ3v) is 5.21. The van der Waals surface area contributed by atoms with Crippen molar-refractivity contribution in [3.8, 4) is 11.5 Å². The second kappa shape index (κ2) is 7.95. The van der Waals surface area contributed by atoms with Crippen LogP contribution in [0.15, 0.2) is 101 Å². The summed E-state index contributed by atoms with van der Waals surface area (Å²) in [6, 6.07) is 24.9. The quantitative estimate of drug-likeness (QED) is 0.580. The Balaban J connectivity index is 1.58. The van der Waals surface area contributed by atoms with E-state index >= 15 is 0 Å². The van der Waals surface area contributed by atoms with E-state index in [1.54, 1.807) is 7.11 Å². The lowest BCUT2D eigenvalue weighted by atomic mass is 9.98. The number of amides is 1. The van der Waals surface area contributed by atoms with E-state index in [9.17, 15) is 4.79 Å². The average Bonchev–Trinajstić information content (AvgIpc) is 3.15. The number of hydrazone groups is 1. The minimum atomic E-state index is -0.164. The smallest absolute Gasteiger partial charge is 0.281 e. The lowest BCUT2D eigenvalue weighted by Crippen LogP contribution is -2.21. The first kappa shape index (κ1) is 18.9. The highest BCUT2D eigenvalue weighted by atomic mass is 16.5. The van der Waals surface area contributed by atoms with Crippen LogP contribution in [0.25, 0.3) is 6.08 Å². The first-order valence-electron chi connectivity index (χ1n) is 10.0. The van der Waals surface area contributed by atoms with Crippen molar-refractivity contribution in [1.29, 1.82) is 0 Å². The molecule has 5 nitrogen and oxygen atoms in total. The zero-order valence-corrected chi connectivity index (χ0v) is 17.0. The number of anilines is 1. The topological polar surface area (TPSA) is 51.1 Å². The summed E-state index contributed by atoms with van der Waals surface area (Å²) in [5.41, 5.74) is 4.61. The number of rotatable bonds is 4. The molecule has 0 saturated heterocycles. The van der Waals surface area contributed by atoms with Crippen LogP contribution in [0, 0.1) is 0 Å². The summed E-state index contributed by atoms with van der Waals surface area (Å²) in [6.07, 6.45) is 3.90. The van der Waals surface area contributed by atoms with Gasteiger partial charge >= 0.3 is 0 Å². The Morgan fingerprint density at radius 1 is 0.968 bits per heavy atom. The number of ether oxygens (including phenoxy) is 2. The van der Waals surface area contributed by atoms with E-state index in [2.05, 4.69) is 5.10 Å². The molecule has 0 fully saturated rings. The molecule has 0 spiro atoms. The van der Waals surface area contributed by atoms with Crippen LogP contribution < -0.4 is 14.5 Å². The molecule has 2 heterocycles. The minimum Gasteiger partial charge on any atom is -0.493 e. The number of hydrogen-bond donors (Lipinski definition) is 0. The molecule has 0 aromatic heterocycles. The van der Waals surface area contributed by atoms with E-state index < -0.39 is 0 Å². The van der Waals surface area contributed by atoms with E-state index in [-0.39, 0.29) is 5.91 Å². The molecule has 5 rings (SSSR count). The van der Waals surface area contributed by atoms with E-state index in [0.717, 1.165) is 22.4 Å². The van der Waals surface area contributed by atoms with E-state index in [1.165, 1.54) is 5.01 Å². The van der Waals surface area contributed by atoms with Gasteiger partial charge in [-0.3, -0.25) is 4.79 Å². The number of methoxy groups -OCH3 is 1. The van der Waals surface area contributed by atoms with Gasteiger partial charge in [0.1, 0.15) is 12.3 Å². The van der Waals surface area contributed by atoms with Crippen molar-refractivity contribution in [3.63, 3.8) is 0 Å². The molecule has 0 aliphatic carbocycles. The lowest BCUT2D eigenvalue weighted by molar-refractivity contribution is -0.114. The van der Waals surface area contributed by atoms with Crippen molar-refractivity contribution >= 4 is 23.4 Å². The third-order valence-electron chi connectivity index (χ3n) is 5.21. The number of hydrogen-bond acceptors (Lipinski definition) is 4. The fourth-order valence-corrected chi connectivity index (χ4v) is 3.73. The summed E-state index contributed by atoms with van der Waals surface area (Å²) >= 11 is 0. The molecule has 0 bridgehead atoms. The second-order valence-electron chi connectivity index (χ2n) is 7.21. The molecule has 0 unspecified atom stereocenters. The van der Waals surface area contributed by atoms with Crippen molar-refractivity contribution in [2.75, 3.05) is 18.7 Å². The van der Waals surface area contributed by atoms with Crippen LogP contribution in [0.4, 0.5) is 5.69 Å². The predicted molar refractivity (Wildman–Crippen MR) is 121 cm³/mol. The number of nitrogens with zero attached hydrogens (tertiary/aromatic N) is 2. The first-order valence-corrected chi connectivity index (χ1v) is 10.0. The van der Waals surface area contributed by atoms with Crippen LogP contribution in [-0.4, -0.2) is 25.3 Å². The Morgan fingerprint density at radius 2 is 1.71 bits per heavy atom. The normalized spacial score (nSPS) is 16.5. The Labute approximate surface area is 180 Å². The fourth-order valence-electron chi connectivity index (χ4n) is 3.73. The number of carbonyl (C=O) groups is 1. The van der Waals surface area contributed by atoms with Crippen molar-refractivity contribution < 1.29 is 14.3 Å². The van der Waals surface area contributed by atoms with Crippen LogP contribution in [0.2, 0.25) is 0 Å². The van der Waals surface area contributed by atoms with Gasteiger partial charge < -0.3 is 9.47 Å². The number of fused-ring (bicyclic) bond motifs is 1. The van der Waals surface area contributed by atoms with Crippen LogP contribution in [0.3, 0.4) is 0 Å². The van der Waals surface area contributed by atoms with Gasteiger partial charge in [-0.25, -0.2) is 0 Å². The predicted octanol–water partition coefficient (Wildman–Crippen LogP) is 4.85. The van der Waals surface area contributed by atoms with Crippen molar-refractivity contribution in [3.05, 3.63) is 107 Å². The molecule has 3 aromatic rings. The Morgan fingerprint density at radius 3 is 2.45 bits per heavy atom. The molecule has 2 aliphatic heterocycles. The number of benzene rings is 3. The van der Waals surface area contributed by atoms with Gasteiger partial charge in [-0.1, -0.05) is 60.7 Å². The molecule has 0 atom stereocenters. The zero-order chi connectivity index (χ0) is 21.2. The second-order valence-corrected chi connectivity index (χ2v) is 7.21. The van der Waals surface area contributed by atoms with Gasteiger partial charge in [0, 0.05) is 11.1 Å². The molecule has 2 aliphatic rings. The molecule has 5 heteroatoms. The summed E-state index contributed by atoms with van der Waals surface area (Å²) in [5, 5.41) is 6.13. The summed E-state index contributed by atoms with van der Waals surface area (Å²) in [7, 11) is 1.62. The van der Waals surface area contributed by atoms with E-state index in [0.29, 0.717) is 29.4 Å². The van der Waals surface area contributed by atoms with Crippen molar-refractivity contribution in [2.45, 2.75) is 0 Å². The van der Waals surface area contributed by atoms with E-state index in [1.807, 2.05) is 91.0 Å². The fraction of sp³-hybridized carbons (Fsp3) is 0.0769.